The monoisotopic (exact) mass is 439 g/mol. The molecule has 1 fully saturated rings. The Balaban J connectivity index is 1.44. The molecule has 0 radical (unpaired) electrons. The Morgan fingerprint density at radius 3 is 2.18 bits per heavy atom. The lowest BCUT2D eigenvalue weighted by atomic mass is 10.0. The van der Waals surface area contributed by atoms with Crippen LogP contribution < -0.4 is 15.1 Å². The Kier molecular flexibility index (Phi) is 6.22. The summed E-state index contributed by atoms with van der Waals surface area (Å²) in [4.78, 5) is 31.1. The minimum atomic E-state index is -0.167. The number of para-hydroxylation sites is 2. The Hall–Kier alpha value is -3.44. The van der Waals surface area contributed by atoms with Crippen LogP contribution in [0.3, 0.4) is 0 Å². The molecule has 5 nitrogen and oxygen atoms in total. The lowest BCUT2D eigenvalue weighted by Gasteiger charge is -2.30. The van der Waals surface area contributed by atoms with Crippen molar-refractivity contribution in [1.29, 1.82) is 0 Å². The molecular weight excluding hydrogens is 410 g/mol. The fourth-order valence-electron chi connectivity index (χ4n) is 5.17. The number of fused-ring (bicyclic) bond motifs is 2. The van der Waals surface area contributed by atoms with Crippen molar-refractivity contribution in [3.63, 3.8) is 0 Å². The predicted molar refractivity (Wildman–Crippen MR) is 131 cm³/mol. The maximum Gasteiger partial charge on any atom is 0.241 e. The van der Waals surface area contributed by atoms with Gasteiger partial charge >= 0.3 is 0 Å². The largest absolute Gasteiger partial charge is 0.306 e. The third-order valence-corrected chi connectivity index (χ3v) is 6.73. The second-order valence-electron chi connectivity index (χ2n) is 8.86. The number of anilines is 2. The van der Waals surface area contributed by atoms with Gasteiger partial charge in [0.2, 0.25) is 11.8 Å². The molecule has 5 rings (SSSR count). The van der Waals surface area contributed by atoms with E-state index in [1.165, 1.54) is 0 Å². The Morgan fingerprint density at radius 2 is 1.45 bits per heavy atom. The van der Waals surface area contributed by atoms with Crippen LogP contribution in [0.5, 0.6) is 0 Å². The first-order valence-corrected chi connectivity index (χ1v) is 11.7. The van der Waals surface area contributed by atoms with Gasteiger partial charge in [0.05, 0.1) is 30.4 Å². The second-order valence-corrected chi connectivity index (χ2v) is 8.86. The highest BCUT2D eigenvalue weighted by Crippen LogP contribution is 2.43. The van der Waals surface area contributed by atoms with Crippen LogP contribution in [0.4, 0.5) is 11.4 Å². The van der Waals surface area contributed by atoms with Gasteiger partial charge in [0, 0.05) is 12.6 Å². The molecule has 33 heavy (non-hydrogen) atoms. The first kappa shape index (κ1) is 21.4. The molecule has 1 N–H and O–H groups in total. The standard InChI is InChI=1S/C28H29N3O2/c32-27(19-29-18-21-10-3-1-4-11-21)31-24-17-9-14-23(24)28(33)30(20-22-12-5-2-6-13-22)25-15-7-8-16-26(25)31/h1-8,10-13,15-16,23-24,29H,9,14,17-20H2. The minimum Gasteiger partial charge on any atom is -0.306 e. The normalized spacial score (nSPS) is 19.7. The first-order valence-electron chi connectivity index (χ1n) is 11.7. The van der Waals surface area contributed by atoms with Crippen molar-refractivity contribution >= 4 is 23.2 Å². The molecule has 3 aromatic rings. The van der Waals surface area contributed by atoms with E-state index in [4.69, 9.17) is 0 Å². The van der Waals surface area contributed by atoms with Crippen molar-refractivity contribution in [3.05, 3.63) is 96.1 Å². The fourth-order valence-corrected chi connectivity index (χ4v) is 5.17. The Labute approximate surface area is 195 Å². The highest BCUT2D eigenvalue weighted by Gasteiger charge is 2.45. The molecule has 5 heteroatoms. The lowest BCUT2D eigenvalue weighted by molar-refractivity contribution is -0.123. The molecule has 1 aliphatic carbocycles. The van der Waals surface area contributed by atoms with Crippen LogP contribution in [-0.4, -0.2) is 24.4 Å². The maximum atomic E-state index is 13.7. The van der Waals surface area contributed by atoms with Gasteiger partial charge in [-0.3, -0.25) is 9.59 Å². The number of hydrogen-bond donors (Lipinski definition) is 1. The molecule has 3 aromatic carbocycles. The van der Waals surface area contributed by atoms with E-state index in [9.17, 15) is 9.59 Å². The summed E-state index contributed by atoms with van der Waals surface area (Å²) in [6.07, 6.45) is 2.64. The molecule has 168 valence electrons. The Morgan fingerprint density at radius 1 is 0.818 bits per heavy atom. The van der Waals surface area contributed by atoms with Gasteiger partial charge in [-0.2, -0.15) is 0 Å². The van der Waals surface area contributed by atoms with Gasteiger partial charge in [-0.25, -0.2) is 0 Å². The van der Waals surface area contributed by atoms with Gasteiger partial charge in [0.15, 0.2) is 0 Å². The zero-order valence-electron chi connectivity index (χ0n) is 18.7. The van der Waals surface area contributed by atoms with Crippen LogP contribution in [-0.2, 0) is 22.7 Å². The smallest absolute Gasteiger partial charge is 0.241 e. The summed E-state index contributed by atoms with van der Waals surface area (Å²) in [5.74, 6) is -0.0230. The highest BCUT2D eigenvalue weighted by atomic mass is 16.2. The van der Waals surface area contributed by atoms with E-state index < -0.39 is 0 Å². The molecular formula is C28H29N3O2. The van der Waals surface area contributed by atoms with Crippen LogP contribution in [0.2, 0.25) is 0 Å². The van der Waals surface area contributed by atoms with Crippen molar-refractivity contribution < 1.29 is 9.59 Å². The molecule has 0 aromatic heterocycles. The maximum absolute atomic E-state index is 13.7. The third-order valence-electron chi connectivity index (χ3n) is 6.73. The van der Waals surface area contributed by atoms with Crippen LogP contribution in [0, 0.1) is 5.92 Å². The van der Waals surface area contributed by atoms with Crippen molar-refractivity contribution in [2.24, 2.45) is 5.92 Å². The summed E-state index contributed by atoms with van der Waals surface area (Å²) in [7, 11) is 0. The van der Waals surface area contributed by atoms with E-state index in [-0.39, 0.29) is 30.3 Å². The molecule has 2 amide bonds. The number of carbonyl (C=O) groups is 2. The van der Waals surface area contributed by atoms with Crippen LogP contribution in [0.1, 0.15) is 30.4 Å². The number of nitrogens with zero attached hydrogens (tertiary/aromatic N) is 2. The summed E-state index contributed by atoms with van der Waals surface area (Å²) in [5.41, 5.74) is 3.88. The second kappa shape index (κ2) is 9.59. The number of hydrogen-bond acceptors (Lipinski definition) is 3. The molecule has 1 saturated carbocycles. The number of carbonyl (C=O) groups excluding carboxylic acids is 2. The average Bonchev–Trinajstić information content (AvgIpc) is 3.30. The number of amides is 2. The van der Waals surface area contributed by atoms with E-state index in [1.54, 1.807) is 0 Å². The number of benzene rings is 3. The quantitative estimate of drug-likeness (QED) is 0.614. The molecule has 2 aliphatic rings. The van der Waals surface area contributed by atoms with Crippen LogP contribution in [0.25, 0.3) is 0 Å². The van der Waals surface area contributed by atoms with E-state index >= 15 is 0 Å². The number of rotatable bonds is 6. The Bertz CT molecular complexity index is 1120. The minimum absolute atomic E-state index is 0.0182. The average molecular weight is 440 g/mol. The topological polar surface area (TPSA) is 52.7 Å². The highest BCUT2D eigenvalue weighted by molar-refractivity contribution is 6.07. The van der Waals surface area contributed by atoms with Gasteiger partial charge in [-0.05, 0) is 36.1 Å². The molecule has 0 saturated heterocycles. The molecule has 0 bridgehead atoms. The summed E-state index contributed by atoms with van der Waals surface area (Å²) in [6, 6.07) is 27.9. The van der Waals surface area contributed by atoms with E-state index in [0.29, 0.717) is 13.1 Å². The molecule has 0 spiro atoms. The molecule has 1 heterocycles. The fraction of sp³-hybridized carbons (Fsp3) is 0.286. The van der Waals surface area contributed by atoms with E-state index in [1.807, 2.05) is 94.7 Å². The van der Waals surface area contributed by atoms with Crippen molar-refractivity contribution in [3.8, 4) is 0 Å². The van der Waals surface area contributed by atoms with Gasteiger partial charge < -0.3 is 15.1 Å². The molecule has 2 unspecified atom stereocenters. The van der Waals surface area contributed by atoms with Crippen LogP contribution >= 0.6 is 0 Å². The zero-order chi connectivity index (χ0) is 22.6. The van der Waals surface area contributed by atoms with Gasteiger partial charge in [-0.15, -0.1) is 0 Å². The van der Waals surface area contributed by atoms with Crippen molar-refractivity contribution in [2.45, 2.75) is 38.4 Å². The summed E-state index contributed by atoms with van der Waals surface area (Å²) >= 11 is 0. The summed E-state index contributed by atoms with van der Waals surface area (Å²) in [6.45, 7) is 1.38. The summed E-state index contributed by atoms with van der Waals surface area (Å²) in [5, 5.41) is 3.30. The summed E-state index contributed by atoms with van der Waals surface area (Å²) < 4.78 is 0. The third kappa shape index (κ3) is 4.41. The van der Waals surface area contributed by atoms with Gasteiger partial charge in [-0.1, -0.05) is 79.2 Å². The van der Waals surface area contributed by atoms with Gasteiger partial charge in [0.1, 0.15) is 0 Å². The van der Waals surface area contributed by atoms with Crippen molar-refractivity contribution in [1.82, 2.24) is 5.32 Å². The van der Waals surface area contributed by atoms with Crippen LogP contribution in [0.15, 0.2) is 84.9 Å². The van der Waals surface area contributed by atoms with E-state index in [2.05, 4.69) is 5.32 Å². The lowest BCUT2D eigenvalue weighted by Crippen LogP contribution is -2.47. The molecule has 1 aliphatic heterocycles. The van der Waals surface area contributed by atoms with E-state index in [0.717, 1.165) is 41.8 Å². The predicted octanol–water partition coefficient (Wildman–Crippen LogP) is 4.52. The first-order chi connectivity index (χ1) is 16.2. The van der Waals surface area contributed by atoms with Gasteiger partial charge in [0.25, 0.3) is 0 Å². The zero-order valence-corrected chi connectivity index (χ0v) is 18.7. The number of nitrogens with one attached hydrogen (secondary N) is 1. The SMILES string of the molecule is O=C1C2CCCC2N(C(=O)CNCc2ccccc2)c2ccccc2N1Cc1ccccc1. The molecule has 2 atom stereocenters. The van der Waals surface area contributed by atoms with Crippen molar-refractivity contribution in [2.75, 3.05) is 16.3 Å².